The monoisotopic (exact) mass is 440 g/mol. The molecule has 6 nitrogen and oxygen atoms in total. The highest BCUT2D eigenvalue weighted by Gasteiger charge is 2.25. The van der Waals surface area contributed by atoms with Crippen LogP contribution < -0.4 is 4.90 Å². The molecule has 170 valence electrons. The Labute approximate surface area is 195 Å². The number of pyridine rings is 1. The highest BCUT2D eigenvalue weighted by Crippen LogP contribution is 2.38. The molecule has 33 heavy (non-hydrogen) atoms. The highest BCUT2D eigenvalue weighted by atomic mass is 15.3. The molecule has 6 heteroatoms. The number of aryl methyl sites for hydroxylation is 2. The Kier molecular flexibility index (Phi) is 5.36. The number of piperidine rings is 1. The van der Waals surface area contributed by atoms with Crippen molar-refractivity contribution in [3.8, 4) is 22.5 Å². The van der Waals surface area contributed by atoms with E-state index in [9.17, 15) is 0 Å². The van der Waals surface area contributed by atoms with Crippen LogP contribution in [0.4, 0.5) is 5.82 Å². The number of benzene rings is 1. The minimum Gasteiger partial charge on any atom is -0.357 e. The van der Waals surface area contributed by atoms with Crippen LogP contribution in [-0.4, -0.2) is 37.4 Å². The molecule has 0 amide bonds. The van der Waals surface area contributed by atoms with Gasteiger partial charge in [0.05, 0.1) is 23.1 Å². The van der Waals surface area contributed by atoms with Gasteiger partial charge in [0.15, 0.2) is 0 Å². The molecule has 3 aromatic heterocycles. The lowest BCUT2D eigenvalue weighted by molar-refractivity contribution is 0.573. The Morgan fingerprint density at radius 2 is 1.88 bits per heavy atom. The molecule has 0 aliphatic carbocycles. The summed E-state index contributed by atoms with van der Waals surface area (Å²) in [5, 5.41) is 5.08. The van der Waals surface area contributed by atoms with Crippen molar-refractivity contribution < 1.29 is 0 Å². The number of rotatable bonds is 6. The van der Waals surface area contributed by atoms with Gasteiger partial charge in [-0.2, -0.15) is 5.10 Å². The van der Waals surface area contributed by atoms with Crippen LogP contribution in [0, 0.1) is 0 Å². The normalized spacial score (nSPS) is 16.0. The maximum Gasteiger partial charge on any atom is 0.129 e. The van der Waals surface area contributed by atoms with Crippen molar-refractivity contribution in [3.63, 3.8) is 0 Å². The molecular formula is C27H32N6. The summed E-state index contributed by atoms with van der Waals surface area (Å²) in [4.78, 5) is 12.2. The Hall–Kier alpha value is -3.15. The van der Waals surface area contributed by atoms with Gasteiger partial charge < -0.3 is 9.47 Å². The number of aromatic nitrogens is 5. The van der Waals surface area contributed by atoms with Crippen LogP contribution in [0.1, 0.15) is 51.1 Å². The third-order valence-corrected chi connectivity index (χ3v) is 7.16. The average molecular weight is 441 g/mol. The summed E-state index contributed by atoms with van der Waals surface area (Å²) >= 11 is 0. The topological polar surface area (TPSA) is 51.8 Å². The third kappa shape index (κ3) is 3.71. The summed E-state index contributed by atoms with van der Waals surface area (Å²) in [5.41, 5.74) is 8.08. The quantitative estimate of drug-likeness (QED) is 0.386. The zero-order valence-corrected chi connectivity index (χ0v) is 19.5. The molecule has 1 aromatic carbocycles. The van der Waals surface area contributed by atoms with Crippen molar-refractivity contribution in [2.24, 2.45) is 0 Å². The van der Waals surface area contributed by atoms with Gasteiger partial charge in [-0.05, 0) is 68.4 Å². The summed E-state index contributed by atoms with van der Waals surface area (Å²) in [7, 11) is 0. The predicted molar refractivity (Wildman–Crippen MR) is 133 cm³/mol. The molecule has 5 heterocycles. The molecular weight excluding hydrogens is 408 g/mol. The number of unbranched alkanes of at least 4 members (excludes halogenated alkanes) is 1. The first-order chi connectivity index (χ1) is 16.3. The average Bonchev–Trinajstić information content (AvgIpc) is 3.57. The number of hydrogen-bond donors (Lipinski definition) is 0. The van der Waals surface area contributed by atoms with Crippen molar-refractivity contribution in [3.05, 3.63) is 48.4 Å². The first-order valence-corrected chi connectivity index (χ1v) is 12.6. The van der Waals surface area contributed by atoms with E-state index in [2.05, 4.69) is 62.5 Å². The van der Waals surface area contributed by atoms with Crippen molar-refractivity contribution >= 4 is 16.9 Å². The maximum absolute atomic E-state index is 5.11. The van der Waals surface area contributed by atoms with Crippen LogP contribution in [0.15, 0.2) is 42.7 Å². The van der Waals surface area contributed by atoms with Crippen LogP contribution in [0.2, 0.25) is 0 Å². The van der Waals surface area contributed by atoms with Gasteiger partial charge in [0.25, 0.3) is 0 Å². The number of fused-ring (bicyclic) bond motifs is 2. The standard InChI is InChI=1S/C27H32N6/c1-2-3-14-32-19-28-21-13-12-20(18-24(21)32)26-23-10-8-17-33(23)30-27(26)22-9-7-11-25(29-22)31-15-5-4-6-16-31/h7,9,11-13,18-19H,2-6,8,10,14-17H2,1H3. The third-order valence-electron chi connectivity index (χ3n) is 7.16. The van der Waals surface area contributed by atoms with Crippen LogP contribution in [0.5, 0.6) is 0 Å². The van der Waals surface area contributed by atoms with Gasteiger partial charge in [0.2, 0.25) is 0 Å². The van der Waals surface area contributed by atoms with E-state index in [4.69, 9.17) is 10.1 Å². The summed E-state index contributed by atoms with van der Waals surface area (Å²) < 4.78 is 4.50. The Bertz CT molecular complexity index is 1280. The van der Waals surface area contributed by atoms with Gasteiger partial charge in [-0.15, -0.1) is 0 Å². The molecule has 0 bridgehead atoms. The second kappa shape index (κ2) is 8.65. The van der Waals surface area contributed by atoms with E-state index >= 15 is 0 Å². The summed E-state index contributed by atoms with van der Waals surface area (Å²) in [5.74, 6) is 1.08. The lowest BCUT2D eigenvalue weighted by atomic mass is 9.99. The Morgan fingerprint density at radius 3 is 2.76 bits per heavy atom. The fraction of sp³-hybridized carbons (Fsp3) is 0.444. The largest absolute Gasteiger partial charge is 0.357 e. The molecule has 0 radical (unpaired) electrons. The SMILES string of the molecule is CCCCn1cnc2ccc(-c3c(-c4cccc(N5CCCCC5)n4)nn4c3CCC4)cc21. The summed E-state index contributed by atoms with van der Waals surface area (Å²) in [6.45, 7) is 6.43. The van der Waals surface area contributed by atoms with Crippen molar-refractivity contribution in [1.29, 1.82) is 0 Å². The second-order valence-corrected chi connectivity index (χ2v) is 9.42. The van der Waals surface area contributed by atoms with Gasteiger partial charge >= 0.3 is 0 Å². The van der Waals surface area contributed by atoms with Gasteiger partial charge in [-0.1, -0.05) is 25.5 Å². The number of hydrogen-bond acceptors (Lipinski definition) is 4. The lowest BCUT2D eigenvalue weighted by Gasteiger charge is -2.27. The van der Waals surface area contributed by atoms with E-state index in [0.717, 1.165) is 68.2 Å². The lowest BCUT2D eigenvalue weighted by Crippen LogP contribution is -2.30. The van der Waals surface area contributed by atoms with Gasteiger partial charge in [-0.25, -0.2) is 9.97 Å². The number of anilines is 1. The van der Waals surface area contributed by atoms with Crippen molar-refractivity contribution in [2.75, 3.05) is 18.0 Å². The molecule has 1 saturated heterocycles. The van der Waals surface area contributed by atoms with Gasteiger partial charge in [-0.3, -0.25) is 4.68 Å². The van der Waals surface area contributed by atoms with Crippen LogP contribution >= 0.6 is 0 Å². The van der Waals surface area contributed by atoms with Crippen molar-refractivity contribution in [2.45, 2.75) is 65.0 Å². The van der Waals surface area contributed by atoms with Crippen LogP contribution in [0.25, 0.3) is 33.5 Å². The molecule has 2 aliphatic rings. The van der Waals surface area contributed by atoms with E-state index in [1.54, 1.807) is 0 Å². The minimum atomic E-state index is 0.981. The zero-order chi connectivity index (χ0) is 22.2. The minimum absolute atomic E-state index is 0.981. The van der Waals surface area contributed by atoms with E-state index in [-0.39, 0.29) is 0 Å². The number of nitrogens with zero attached hydrogens (tertiary/aromatic N) is 6. The molecule has 1 fully saturated rings. The molecule has 6 rings (SSSR count). The van der Waals surface area contributed by atoms with Crippen LogP contribution in [-0.2, 0) is 19.5 Å². The van der Waals surface area contributed by atoms with E-state index in [1.807, 2.05) is 6.33 Å². The molecule has 0 atom stereocenters. The molecule has 0 saturated carbocycles. The molecule has 2 aliphatic heterocycles. The highest BCUT2D eigenvalue weighted by molar-refractivity contribution is 5.88. The Morgan fingerprint density at radius 1 is 0.970 bits per heavy atom. The van der Waals surface area contributed by atoms with E-state index < -0.39 is 0 Å². The van der Waals surface area contributed by atoms with Crippen molar-refractivity contribution in [1.82, 2.24) is 24.3 Å². The molecule has 0 spiro atoms. The summed E-state index contributed by atoms with van der Waals surface area (Å²) in [6.07, 6.45) is 10.4. The maximum atomic E-state index is 5.11. The van der Waals surface area contributed by atoms with Gasteiger partial charge in [0.1, 0.15) is 11.5 Å². The summed E-state index contributed by atoms with van der Waals surface area (Å²) in [6, 6.07) is 13.1. The first kappa shape index (κ1) is 20.5. The molecule has 4 aromatic rings. The smallest absolute Gasteiger partial charge is 0.129 e. The fourth-order valence-electron chi connectivity index (χ4n) is 5.39. The molecule has 0 N–H and O–H groups in total. The van der Waals surface area contributed by atoms with Gasteiger partial charge in [0, 0.05) is 37.4 Å². The fourth-order valence-corrected chi connectivity index (χ4v) is 5.39. The van der Waals surface area contributed by atoms with E-state index in [0.29, 0.717) is 0 Å². The Balaban J connectivity index is 1.45. The van der Waals surface area contributed by atoms with Crippen LogP contribution in [0.3, 0.4) is 0 Å². The molecule has 0 unspecified atom stereocenters. The van der Waals surface area contributed by atoms with E-state index in [1.165, 1.54) is 48.0 Å². The first-order valence-electron chi connectivity index (χ1n) is 12.6. The predicted octanol–water partition coefficient (Wildman–Crippen LogP) is 5.70. The number of imidazole rings is 1. The second-order valence-electron chi connectivity index (χ2n) is 9.42. The zero-order valence-electron chi connectivity index (χ0n) is 19.5.